The molecule has 0 radical (unpaired) electrons. The largest absolute Gasteiger partial charge is 0.369 e. The average molecular weight is 445 g/mol. The average Bonchev–Trinajstić information content (AvgIpc) is 3.19. The third-order valence-electron chi connectivity index (χ3n) is 5.25. The van der Waals surface area contributed by atoms with Crippen molar-refractivity contribution in [3.05, 3.63) is 42.5 Å². The van der Waals surface area contributed by atoms with Crippen LogP contribution >= 0.6 is 23.1 Å². The van der Waals surface area contributed by atoms with Crippen LogP contribution in [0.15, 0.2) is 41.7 Å². The lowest BCUT2D eigenvalue weighted by Gasteiger charge is -2.32. The summed E-state index contributed by atoms with van der Waals surface area (Å²) in [5.41, 5.74) is 7.09. The molecule has 156 valence electrons. The number of hydrogen-bond donors (Lipinski definition) is 1. The molecule has 0 spiro atoms. The Balaban J connectivity index is 1.50. The monoisotopic (exact) mass is 444 g/mol. The summed E-state index contributed by atoms with van der Waals surface area (Å²) >= 11 is 2.94. The number of fused-ring (bicyclic) bond motifs is 1. The van der Waals surface area contributed by atoms with Crippen LogP contribution in [0.2, 0.25) is 0 Å². The van der Waals surface area contributed by atoms with Gasteiger partial charge in [-0.2, -0.15) is 0 Å². The molecular weight excluding hydrogens is 423 g/mol. The van der Waals surface area contributed by atoms with Crippen LogP contribution in [-0.2, 0) is 9.59 Å². The van der Waals surface area contributed by atoms with Crippen molar-refractivity contribution in [2.45, 2.75) is 30.0 Å². The van der Waals surface area contributed by atoms with Crippen molar-refractivity contribution in [2.75, 3.05) is 13.1 Å². The van der Waals surface area contributed by atoms with Gasteiger partial charge in [0, 0.05) is 23.9 Å². The summed E-state index contributed by atoms with van der Waals surface area (Å²) in [5.74, 6) is -0.676. The van der Waals surface area contributed by atoms with E-state index >= 15 is 0 Å². The van der Waals surface area contributed by atoms with Gasteiger partial charge in [-0.1, -0.05) is 23.9 Å². The van der Waals surface area contributed by atoms with Gasteiger partial charge >= 0.3 is 0 Å². The third kappa shape index (κ3) is 4.32. The maximum atomic E-state index is 13.2. The molecule has 1 aliphatic rings. The number of primary amides is 1. The normalized spacial score (nSPS) is 16.0. The molecule has 1 aliphatic heterocycles. The van der Waals surface area contributed by atoms with Crippen molar-refractivity contribution in [1.82, 2.24) is 14.9 Å². The zero-order valence-electron chi connectivity index (χ0n) is 16.4. The van der Waals surface area contributed by atoms with Gasteiger partial charge in [-0.3, -0.25) is 9.59 Å². The number of nitrogens with two attached hydrogens (primary N) is 1. The van der Waals surface area contributed by atoms with Crippen LogP contribution in [0.1, 0.15) is 19.8 Å². The predicted molar refractivity (Wildman–Crippen MR) is 117 cm³/mol. The van der Waals surface area contributed by atoms with Crippen molar-refractivity contribution in [1.29, 1.82) is 0 Å². The molecule has 2 aromatic heterocycles. The van der Waals surface area contributed by atoms with Crippen LogP contribution in [0.5, 0.6) is 0 Å². The Hall–Kier alpha value is -2.52. The smallest absolute Gasteiger partial charge is 0.235 e. The minimum Gasteiger partial charge on any atom is -0.369 e. The van der Waals surface area contributed by atoms with E-state index in [4.69, 9.17) is 5.73 Å². The molecule has 3 heterocycles. The van der Waals surface area contributed by atoms with Crippen molar-refractivity contribution in [3.63, 3.8) is 0 Å². The summed E-state index contributed by atoms with van der Waals surface area (Å²) < 4.78 is 14.1. The summed E-state index contributed by atoms with van der Waals surface area (Å²) in [5, 5.41) is 0.441. The van der Waals surface area contributed by atoms with Crippen LogP contribution < -0.4 is 5.73 Å². The molecule has 1 aromatic carbocycles. The molecule has 30 heavy (non-hydrogen) atoms. The summed E-state index contributed by atoms with van der Waals surface area (Å²) in [6.07, 6.45) is 2.73. The van der Waals surface area contributed by atoms with Crippen molar-refractivity contribution in [3.8, 4) is 10.4 Å². The number of aromatic nitrogens is 2. The van der Waals surface area contributed by atoms with Gasteiger partial charge in [-0.15, -0.1) is 11.3 Å². The quantitative estimate of drug-likeness (QED) is 0.479. The number of halogens is 1. The van der Waals surface area contributed by atoms with Crippen LogP contribution in [-0.4, -0.2) is 45.0 Å². The number of likely N-dealkylation sites (tertiary alicyclic amines) is 1. The van der Waals surface area contributed by atoms with Crippen LogP contribution in [0.4, 0.5) is 4.39 Å². The van der Waals surface area contributed by atoms with Gasteiger partial charge in [-0.05, 0) is 43.5 Å². The minimum atomic E-state index is -0.315. The maximum absolute atomic E-state index is 13.2. The molecule has 9 heteroatoms. The first kappa shape index (κ1) is 20.7. The standard InChI is InChI=1S/C21H21FN4O2S2/c1-12(21(28)26-8-6-14(7-9-26)19(23)27)29-20-18-16(24-11-25-20)10-17(30-18)13-2-4-15(22)5-3-13/h2-5,10-12,14H,6-9H2,1H3,(H2,23,27). The van der Waals surface area contributed by atoms with Crippen molar-refractivity contribution < 1.29 is 14.0 Å². The molecule has 6 nitrogen and oxygen atoms in total. The number of benzene rings is 1. The Morgan fingerprint density at radius 3 is 2.60 bits per heavy atom. The Labute approximate surface area is 181 Å². The Kier molecular flexibility index (Phi) is 6.01. The van der Waals surface area contributed by atoms with Gasteiger partial charge in [0.05, 0.1) is 15.5 Å². The number of thioether (sulfide) groups is 1. The lowest BCUT2D eigenvalue weighted by Crippen LogP contribution is -2.44. The summed E-state index contributed by atoms with van der Waals surface area (Å²) in [7, 11) is 0. The zero-order valence-corrected chi connectivity index (χ0v) is 18.0. The van der Waals surface area contributed by atoms with E-state index in [1.165, 1.54) is 41.6 Å². The Morgan fingerprint density at radius 1 is 1.23 bits per heavy atom. The lowest BCUT2D eigenvalue weighted by atomic mass is 9.96. The lowest BCUT2D eigenvalue weighted by molar-refractivity contribution is -0.134. The first-order chi connectivity index (χ1) is 14.4. The first-order valence-corrected chi connectivity index (χ1v) is 11.4. The summed E-state index contributed by atoms with van der Waals surface area (Å²) in [6.45, 7) is 2.96. The molecule has 2 N–H and O–H groups in total. The molecule has 4 rings (SSSR count). The van der Waals surface area contributed by atoms with Crippen LogP contribution in [0.3, 0.4) is 0 Å². The fourth-order valence-corrected chi connectivity index (χ4v) is 5.71. The van der Waals surface area contributed by atoms with Gasteiger partial charge < -0.3 is 10.6 Å². The second-order valence-corrected chi connectivity index (χ2v) is 9.65. The van der Waals surface area contributed by atoms with Crippen LogP contribution in [0.25, 0.3) is 20.7 Å². The number of nitrogens with zero attached hydrogens (tertiary/aromatic N) is 3. The van der Waals surface area contributed by atoms with Crippen LogP contribution in [0, 0.1) is 11.7 Å². The van der Waals surface area contributed by atoms with E-state index in [2.05, 4.69) is 9.97 Å². The molecule has 1 fully saturated rings. The molecule has 1 saturated heterocycles. The molecule has 2 amide bonds. The zero-order chi connectivity index (χ0) is 21.3. The molecule has 0 aliphatic carbocycles. The molecule has 1 unspecified atom stereocenters. The van der Waals surface area contributed by atoms with E-state index in [9.17, 15) is 14.0 Å². The highest BCUT2D eigenvalue weighted by Crippen LogP contribution is 2.38. The number of hydrogen-bond acceptors (Lipinski definition) is 6. The van der Waals surface area contributed by atoms with Gasteiger partial charge in [0.1, 0.15) is 17.2 Å². The molecule has 0 bridgehead atoms. The van der Waals surface area contributed by atoms with Crippen molar-refractivity contribution >= 4 is 45.1 Å². The number of rotatable bonds is 5. The number of carbonyl (C=O) groups excluding carboxylic acids is 2. The molecule has 3 aromatic rings. The first-order valence-electron chi connectivity index (χ1n) is 9.67. The van der Waals surface area contributed by atoms with Gasteiger partial charge in [0.15, 0.2) is 0 Å². The fourth-order valence-electron chi connectivity index (χ4n) is 3.53. The van der Waals surface area contributed by atoms with E-state index in [0.717, 1.165) is 25.7 Å². The Morgan fingerprint density at radius 2 is 1.93 bits per heavy atom. The van der Waals surface area contributed by atoms with Gasteiger partial charge in [-0.25, -0.2) is 14.4 Å². The second kappa shape index (κ2) is 8.69. The third-order valence-corrected chi connectivity index (χ3v) is 7.65. The van der Waals surface area contributed by atoms with Gasteiger partial charge in [0.25, 0.3) is 0 Å². The summed E-state index contributed by atoms with van der Waals surface area (Å²) in [6, 6.07) is 8.30. The van der Waals surface area contributed by atoms with E-state index in [1.54, 1.807) is 17.0 Å². The number of piperidine rings is 1. The number of amides is 2. The fraction of sp³-hybridized carbons (Fsp3) is 0.333. The highest BCUT2D eigenvalue weighted by atomic mass is 32.2. The number of thiophene rings is 1. The highest BCUT2D eigenvalue weighted by Gasteiger charge is 2.29. The number of carbonyl (C=O) groups is 2. The van der Waals surface area contributed by atoms with E-state index in [-0.39, 0.29) is 28.8 Å². The molecular formula is C21H21FN4O2S2. The maximum Gasteiger partial charge on any atom is 0.235 e. The molecule has 1 atom stereocenters. The topological polar surface area (TPSA) is 89.2 Å². The Bertz CT molecular complexity index is 1080. The SMILES string of the molecule is CC(Sc1ncnc2cc(-c3ccc(F)cc3)sc12)C(=O)N1CCC(C(N)=O)CC1. The van der Waals surface area contributed by atoms with E-state index in [1.807, 2.05) is 13.0 Å². The summed E-state index contributed by atoms with van der Waals surface area (Å²) in [4.78, 5) is 35.7. The van der Waals surface area contributed by atoms with E-state index in [0.29, 0.717) is 25.9 Å². The predicted octanol–water partition coefficient (Wildman–Crippen LogP) is 3.70. The second-order valence-electron chi connectivity index (χ2n) is 7.27. The molecule has 0 saturated carbocycles. The van der Waals surface area contributed by atoms with Gasteiger partial charge in [0.2, 0.25) is 11.8 Å². The van der Waals surface area contributed by atoms with Crippen molar-refractivity contribution in [2.24, 2.45) is 11.7 Å². The van der Waals surface area contributed by atoms with E-state index < -0.39 is 0 Å². The highest BCUT2D eigenvalue weighted by molar-refractivity contribution is 8.00. The minimum absolute atomic E-state index is 0.0324.